The van der Waals surface area contributed by atoms with E-state index < -0.39 is 25.6 Å². The van der Waals surface area contributed by atoms with Crippen LogP contribution in [0.4, 0.5) is 5.69 Å². The van der Waals surface area contributed by atoms with Gasteiger partial charge in [0.1, 0.15) is 6.10 Å². The summed E-state index contributed by atoms with van der Waals surface area (Å²) in [5.74, 6) is 0. The van der Waals surface area contributed by atoms with Crippen LogP contribution in [0.2, 0.25) is 0 Å². The number of halogens is 1. The van der Waals surface area contributed by atoms with Gasteiger partial charge in [0.25, 0.3) is 5.69 Å². The normalized spacial score (nSPS) is 15.2. The molecule has 0 aliphatic rings. The summed E-state index contributed by atoms with van der Waals surface area (Å²) in [5.41, 5.74) is 0.0625. The topological polar surface area (TPSA) is 97.5 Å². The molecule has 17 heavy (non-hydrogen) atoms. The zero-order valence-corrected chi connectivity index (χ0v) is 10.4. The van der Waals surface area contributed by atoms with Crippen molar-refractivity contribution in [1.29, 1.82) is 0 Å². The van der Waals surface area contributed by atoms with Crippen LogP contribution in [0.25, 0.3) is 0 Å². The van der Waals surface area contributed by atoms with Gasteiger partial charge in [-0.25, -0.2) is 8.42 Å². The van der Waals surface area contributed by atoms with E-state index in [0.717, 1.165) is 6.26 Å². The van der Waals surface area contributed by atoms with Gasteiger partial charge < -0.3 is 5.11 Å². The highest BCUT2D eigenvalue weighted by Crippen LogP contribution is 2.26. The summed E-state index contributed by atoms with van der Waals surface area (Å²) < 4.78 is 20.8. The average Bonchev–Trinajstić information content (AvgIpc) is 2.26. The smallest absolute Gasteiger partial charge is 0.269 e. The molecule has 1 rings (SSSR count). The molecular formula is C9H10ClNO5S. The predicted octanol–water partition coefficient (Wildman–Crippen LogP) is 1.24. The van der Waals surface area contributed by atoms with Crippen molar-refractivity contribution in [2.75, 3.05) is 6.26 Å². The number of aliphatic hydroxyl groups excluding tert-OH is 1. The summed E-state index contributed by atoms with van der Waals surface area (Å²) in [4.78, 5) is 9.80. The molecule has 0 fully saturated rings. The largest absolute Gasteiger partial charge is 0.386 e. The maximum Gasteiger partial charge on any atom is 0.269 e. The Morgan fingerprint density at radius 2 is 1.82 bits per heavy atom. The lowest BCUT2D eigenvalue weighted by molar-refractivity contribution is -0.384. The number of non-ortho nitro benzene ring substituents is 1. The van der Waals surface area contributed by atoms with Crippen molar-refractivity contribution in [1.82, 2.24) is 0 Å². The number of nitro benzene ring substituents is 1. The minimum Gasteiger partial charge on any atom is -0.386 e. The van der Waals surface area contributed by atoms with E-state index in [1.165, 1.54) is 24.3 Å². The summed E-state index contributed by atoms with van der Waals surface area (Å²) in [6.07, 6.45) is -0.522. The average molecular weight is 280 g/mol. The van der Waals surface area contributed by atoms with Crippen LogP contribution in [0, 0.1) is 10.1 Å². The van der Waals surface area contributed by atoms with Gasteiger partial charge in [-0.3, -0.25) is 10.1 Å². The summed E-state index contributed by atoms with van der Waals surface area (Å²) in [6, 6.07) is 4.88. The molecule has 8 heteroatoms. The fourth-order valence-electron chi connectivity index (χ4n) is 1.18. The number of rotatable bonds is 4. The Morgan fingerprint density at radius 1 is 1.35 bits per heavy atom. The Morgan fingerprint density at radius 3 is 2.18 bits per heavy atom. The van der Waals surface area contributed by atoms with Crippen molar-refractivity contribution in [3.63, 3.8) is 0 Å². The molecule has 1 N–H and O–H groups in total. The van der Waals surface area contributed by atoms with Crippen LogP contribution >= 0.6 is 11.6 Å². The Kier molecular flexibility index (Phi) is 4.07. The first kappa shape index (κ1) is 13.9. The zero-order valence-electron chi connectivity index (χ0n) is 8.78. The number of nitrogens with zero attached hydrogens (tertiary/aromatic N) is 1. The molecule has 0 saturated heterocycles. The Balaban J connectivity index is 2.98. The van der Waals surface area contributed by atoms with Gasteiger partial charge in [-0.1, -0.05) is 0 Å². The Bertz CT molecular complexity index is 513. The maximum atomic E-state index is 11.1. The number of benzene rings is 1. The highest BCUT2D eigenvalue weighted by molar-refractivity contribution is 7.92. The van der Waals surface area contributed by atoms with Gasteiger partial charge in [-0.05, 0) is 17.7 Å². The van der Waals surface area contributed by atoms with E-state index in [1.54, 1.807) is 0 Å². The van der Waals surface area contributed by atoms with Crippen LogP contribution in [-0.2, 0) is 9.84 Å². The summed E-state index contributed by atoms with van der Waals surface area (Å²) in [6.45, 7) is 0. The van der Waals surface area contributed by atoms with Gasteiger partial charge in [-0.2, -0.15) is 0 Å². The van der Waals surface area contributed by atoms with Gasteiger partial charge in [0.15, 0.2) is 14.5 Å². The molecule has 6 nitrogen and oxygen atoms in total. The van der Waals surface area contributed by atoms with Crippen LogP contribution in [0.5, 0.6) is 0 Å². The molecule has 0 aliphatic carbocycles. The SMILES string of the molecule is CS(=O)(=O)[C@@H](Cl)[C@H](O)c1ccc([N+](=O)[O-])cc1. The van der Waals surface area contributed by atoms with Gasteiger partial charge in [-0.15, -0.1) is 11.6 Å². The number of alkyl halides is 1. The van der Waals surface area contributed by atoms with E-state index in [0.29, 0.717) is 0 Å². The van der Waals surface area contributed by atoms with Crippen molar-refractivity contribution in [2.24, 2.45) is 0 Å². The highest BCUT2D eigenvalue weighted by Gasteiger charge is 2.28. The molecule has 0 radical (unpaired) electrons. The van der Waals surface area contributed by atoms with E-state index in [1.807, 2.05) is 0 Å². The second-order valence-corrected chi connectivity index (χ2v) is 6.37. The first-order chi connectivity index (χ1) is 7.73. The monoisotopic (exact) mass is 279 g/mol. The third-order valence-corrected chi connectivity index (χ3v) is 4.39. The summed E-state index contributed by atoms with van der Waals surface area (Å²) >= 11 is 5.57. The number of sulfone groups is 1. The fourth-order valence-corrected chi connectivity index (χ4v) is 1.95. The Labute approximate surface area is 103 Å². The molecule has 1 aromatic carbocycles. The lowest BCUT2D eigenvalue weighted by Gasteiger charge is -2.15. The Hall–Kier alpha value is -1.18. The molecule has 1 aromatic rings. The maximum absolute atomic E-state index is 11.1. The molecule has 0 heterocycles. The van der Waals surface area contributed by atoms with Gasteiger partial charge in [0.05, 0.1) is 4.92 Å². The third kappa shape index (κ3) is 3.39. The van der Waals surface area contributed by atoms with Crippen LogP contribution in [-0.4, -0.2) is 29.4 Å². The van der Waals surface area contributed by atoms with E-state index >= 15 is 0 Å². The van der Waals surface area contributed by atoms with Crippen molar-refractivity contribution in [3.8, 4) is 0 Å². The van der Waals surface area contributed by atoms with Crippen LogP contribution in [0.15, 0.2) is 24.3 Å². The zero-order chi connectivity index (χ0) is 13.2. The number of nitro groups is 1. The van der Waals surface area contributed by atoms with Crippen molar-refractivity contribution in [2.45, 2.75) is 10.8 Å². The lowest BCUT2D eigenvalue weighted by atomic mass is 10.1. The third-order valence-electron chi connectivity index (χ3n) is 2.10. The van der Waals surface area contributed by atoms with E-state index in [-0.39, 0.29) is 11.3 Å². The molecule has 0 saturated carbocycles. The minimum atomic E-state index is -3.60. The highest BCUT2D eigenvalue weighted by atomic mass is 35.5. The molecule has 0 amide bonds. The fraction of sp³-hybridized carbons (Fsp3) is 0.333. The quantitative estimate of drug-likeness (QED) is 0.508. The summed E-state index contributed by atoms with van der Waals surface area (Å²) in [7, 11) is -3.60. The second-order valence-electron chi connectivity index (χ2n) is 3.47. The first-order valence-corrected chi connectivity index (χ1v) is 6.88. The van der Waals surface area contributed by atoms with E-state index in [2.05, 4.69) is 0 Å². The van der Waals surface area contributed by atoms with E-state index in [9.17, 15) is 23.6 Å². The molecule has 0 aromatic heterocycles. The van der Waals surface area contributed by atoms with E-state index in [4.69, 9.17) is 11.6 Å². The first-order valence-electron chi connectivity index (χ1n) is 4.49. The number of hydrogen-bond acceptors (Lipinski definition) is 5. The van der Waals surface area contributed by atoms with Crippen LogP contribution < -0.4 is 0 Å². The van der Waals surface area contributed by atoms with Crippen molar-refractivity contribution < 1.29 is 18.4 Å². The van der Waals surface area contributed by atoms with Crippen LogP contribution in [0.3, 0.4) is 0 Å². The molecular weight excluding hydrogens is 270 g/mol. The molecule has 0 unspecified atom stereocenters. The number of hydrogen-bond donors (Lipinski definition) is 1. The van der Waals surface area contributed by atoms with Gasteiger partial charge in [0, 0.05) is 18.4 Å². The molecule has 0 aliphatic heterocycles. The van der Waals surface area contributed by atoms with Gasteiger partial charge in [0.2, 0.25) is 0 Å². The lowest BCUT2D eigenvalue weighted by Crippen LogP contribution is -2.21. The standard InChI is InChI=1S/C9H10ClNO5S/c1-17(15,16)9(10)8(12)6-2-4-7(5-3-6)11(13)14/h2-5,8-9,12H,1H3/t8-,9-/m1/s1. The molecule has 94 valence electrons. The van der Waals surface area contributed by atoms with Crippen molar-refractivity contribution >= 4 is 27.1 Å². The second kappa shape index (κ2) is 4.99. The van der Waals surface area contributed by atoms with Crippen LogP contribution in [0.1, 0.15) is 11.7 Å². The number of aliphatic hydroxyl groups is 1. The predicted molar refractivity (Wildman–Crippen MR) is 62.5 cm³/mol. The van der Waals surface area contributed by atoms with Crippen molar-refractivity contribution in [3.05, 3.63) is 39.9 Å². The van der Waals surface area contributed by atoms with Gasteiger partial charge >= 0.3 is 0 Å². The summed E-state index contributed by atoms with van der Waals surface area (Å²) in [5, 5.41) is 20.1. The molecule has 0 bridgehead atoms. The molecule has 0 spiro atoms. The minimum absolute atomic E-state index is 0.147. The molecule has 2 atom stereocenters.